The summed E-state index contributed by atoms with van der Waals surface area (Å²) in [6, 6.07) is 1.15. The Labute approximate surface area is 145 Å². The van der Waals surface area contributed by atoms with Gasteiger partial charge in [0.25, 0.3) is 5.91 Å². The highest BCUT2D eigenvalue weighted by atomic mass is 35.5. The summed E-state index contributed by atoms with van der Waals surface area (Å²) in [5, 5.41) is 9.03. The van der Waals surface area contributed by atoms with Crippen molar-refractivity contribution in [2.45, 2.75) is 31.7 Å². The summed E-state index contributed by atoms with van der Waals surface area (Å²) in [6.45, 7) is 4.32. The lowest BCUT2D eigenvalue weighted by molar-refractivity contribution is -0.140. The maximum Gasteiger partial charge on any atom is 0.322 e. The van der Waals surface area contributed by atoms with E-state index in [1.807, 2.05) is 0 Å². The van der Waals surface area contributed by atoms with Gasteiger partial charge in [0.2, 0.25) is 10.0 Å². The summed E-state index contributed by atoms with van der Waals surface area (Å²) in [6.07, 6.45) is 0. The Kier molecular flexibility index (Phi) is 6.58. The number of aryl methyl sites for hydroxylation is 1. The molecule has 10 heteroatoms. The molecule has 1 aromatic carbocycles. The number of primary amides is 1. The van der Waals surface area contributed by atoms with Gasteiger partial charge in [-0.05, 0) is 24.5 Å². The maximum absolute atomic E-state index is 12.5. The fourth-order valence-corrected chi connectivity index (χ4v) is 3.78. The molecule has 0 aliphatic rings. The summed E-state index contributed by atoms with van der Waals surface area (Å²) in [5.74, 6) is -2.40. The first kappa shape index (κ1) is 20.2. The predicted molar refractivity (Wildman–Crippen MR) is 87.5 cm³/mol. The van der Waals surface area contributed by atoms with Crippen molar-refractivity contribution < 1.29 is 27.9 Å². The molecule has 0 fully saturated rings. The molecule has 4 N–H and O–H groups in total. The highest BCUT2D eigenvalue weighted by molar-refractivity contribution is 7.89. The minimum atomic E-state index is -4.22. The number of carboxylic acid groups (broad SMARTS) is 1. The fraction of sp³-hybridized carbons (Fsp3) is 0.429. The largest absolute Gasteiger partial charge is 0.483 e. The Morgan fingerprint density at radius 1 is 1.38 bits per heavy atom. The van der Waals surface area contributed by atoms with Crippen molar-refractivity contribution in [1.82, 2.24) is 4.72 Å². The van der Waals surface area contributed by atoms with Gasteiger partial charge in [-0.3, -0.25) is 9.59 Å². The molecule has 1 rings (SSSR count). The second-order valence-corrected chi connectivity index (χ2v) is 7.57. The lowest BCUT2D eigenvalue weighted by Crippen LogP contribution is -2.44. The third-order valence-corrected chi connectivity index (χ3v) is 5.01. The van der Waals surface area contributed by atoms with Crippen molar-refractivity contribution in [2.75, 3.05) is 6.61 Å². The van der Waals surface area contributed by atoms with E-state index in [1.165, 1.54) is 6.07 Å². The van der Waals surface area contributed by atoms with Crippen molar-refractivity contribution in [3.05, 3.63) is 22.7 Å². The standard InChI is InChI=1S/C14H19ClN2O6S/c1-7(2)13(14(19)20)17-24(21,22)11-5-10(23-6-12(16)18)8(3)4-9(11)15/h4-5,7,13,17H,6H2,1-3H3,(H2,16,18)(H,19,20). The Bertz CT molecular complexity index is 748. The summed E-state index contributed by atoms with van der Waals surface area (Å²) in [4.78, 5) is 21.7. The molecule has 1 unspecified atom stereocenters. The number of sulfonamides is 1. The van der Waals surface area contributed by atoms with Crippen LogP contribution in [0, 0.1) is 12.8 Å². The van der Waals surface area contributed by atoms with Crippen molar-refractivity contribution >= 4 is 33.5 Å². The topological polar surface area (TPSA) is 136 Å². The van der Waals surface area contributed by atoms with Crippen LogP contribution >= 0.6 is 11.6 Å². The molecule has 0 aliphatic heterocycles. The molecule has 0 saturated heterocycles. The van der Waals surface area contributed by atoms with E-state index in [2.05, 4.69) is 4.72 Å². The molecule has 0 aromatic heterocycles. The van der Waals surface area contributed by atoms with E-state index in [4.69, 9.17) is 27.2 Å². The number of amides is 1. The van der Waals surface area contributed by atoms with E-state index in [0.717, 1.165) is 6.07 Å². The van der Waals surface area contributed by atoms with Gasteiger partial charge < -0.3 is 15.6 Å². The molecule has 1 atom stereocenters. The molecule has 0 spiro atoms. The molecule has 0 radical (unpaired) electrons. The van der Waals surface area contributed by atoms with Gasteiger partial charge in [-0.15, -0.1) is 0 Å². The number of carbonyl (C=O) groups is 2. The van der Waals surface area contributed by atoms with Crippen LogP contribution in [0.1, 0.15) is 19.4 Å². The molecule has 24 heavy (non-hydrogen) atoms. The van der Waals surface area contributed by atoms with E-state index in [0.29, 0.717) is 5.56 Å². The minimum absolute atomic E-state index is 0.0979. The molecule has 0 bridgehead atoms. The average molecular weight is 379 g/mol. The van der Waals surface area contributed by atoms with E-state index < -0.39 is 40.5 Å². The summed E-state index contributed by atoms with van der Waals surface area (Å²) >= 11 is 5.98. The molecule has 134 valence electrons. The highest BCUT2D eigenvalue weighted by Crippen LogP contribution is 2.30. The van der Waals surface area contributed by atoms with Crippen LogP contribution in [0.2, 0.25) is 5.02 Å². The number of halogens is 1. The summed E-state index contributed by atoms with van der Waals surface area (Å²) in [5.41, 5.74) is 5.49. The van der Waals surface area contributed by atoms with Gasteiger partial charge in [0.05, 0.1) is 5.02 Å². The second kappa shape index (κ2) is 7.82. The van der Waals surface area contributed by atoms with Gasteiger partial charge in [0, 0.05) is 6.07 Å². The van der Waals surface area contributed by atoms with Gasteiger partial charge >= 0.3 is 5.97 Å². The van der Waals surface area contributed by atoms with Crippen LogP contribution in [0.4, 0.5) is 0 Å². The van der Waals surface area contributed by atoms with E-state index in [9.17, 15) is 18.0 Å². The van der Waals surface area contributed by atoms with Crippen LogP contribution in [0.25, 0.3) is 0 Å². The predicted octanol–water partition coefficient (Wildman–Crippen LogP) is 0.900. The van der Waals surface area contributed by atoms with Crippen LogP contribution in [0.3, 0.4) is 0 Å². The minimum Gasteiger partial charge on any atom is -0.483 e. The van der Waals surface area contributed by atoms with Crippen molar-refractivity contribution in [2.24, 2.45) is 11.7 Å². The van der Waals surface area contributed by atoms with E-state index in [-0.39, 0.29) is 15.7 Å². The van der Waals surface area contributed by atoms with Gasteiger partial charge in [-0.25, -0.2) is 8.42 Å². The molecule has 8 nitrogen and oxygen atoms in total. The monoisotopic (exact) mass is 378 g/mol. The summed E-state index contributed by atoms with van der Waals surface area (Å²) < 4.78 is 32.2. The van der Waals surface area contributed by atoms with Gasteiger partial charge in [0.15, 0.2) is 6.61 Å². The summed E-state index contributed by atoms with van der Waals surface area (Å²) in [7, 11) is -4.22. The quantitative estimate of drug-likeness (QED) is 0.614. The smallest absolute Gasteiger partial charge is 0.322 e. The molecule has 0 aliphatic carbocycles. The number of nitrogens with one attached hydrogen (secondary N) is 1. The average Bonchev–Trinajstić information content (AvgIpc) is 2.42. The number of ether oxygens (including phenoxy) is 1. The van der Waals surface area contributed by atoms with Gasteiger partial charge in [-0.1, -0.05) is 25.4 Å². The number of rotatable bonds is 8. The van der Waals surface area contributed by atoms with Crippen LogP contribution < -0.4 is 15.2 Å². The maximum atomic E-state index is 12.5. The zero-order valence-corrected chi connectivity index (χ0v) is 14.9. The number of hydrogen-bond donors (Lipinski definition) is 3. The number of nitrogens with two attached hydrogens (primary N) is 1. The van der Waals surface area contributed by atoms with Gasteiger partial charge in [-0.2, -0.15) is 4.72 Å². The third kappa shape index (κ3) is 5.08. The second-order valence-electron chi connectivity index (χ2n) is 5.48. The third-order valence-electron chi connectivity index (χ3n) is 3.10. The normalized spacial score (nSPS) is 12.9. The van der Waals surface area contributed by atoms with E-state index in [1.54, 1.807) is 20.8 Å². The zero-order valence-electron chi connectivity index (χ0n) is 13.4. The fourth-order valence-electron chi connectivity index (χ4n) is 1.85. The molecular formula is C14H19ClN2O6S. The van der Waals surface area contributed by atoms with Crippen molar-refractivity contribution in [1.29, 1.82) is 0 Å². The SMILES string of the molecule is Cc1cc(Cl)c(S(=O)(=O)NC(C(=O)O)C(C)C)cc1OCC(N)=O. The van der Waals surface area contributed by atoms with Crippen LogP contribution in [0.5, 0.6) is 5.75 Å². The Morgan fingerprint density at radius 2 is 1.96 bits per heavy atom. The molecule has 0 saturated carbocycles. The zero-order chi connectivity index (χ0) is 18.7. The van der Waals surface area contributed by atoms with Gasteiger partial charge in [0.1, 0.15) is 16.7 Å². The van der Waals surface area contributed by atoms with E-state index >= 15 is 0 Å². The lowest BCUT2D eigenvalue weighted by atomic mass is 10.1. The highest BCUT2D eigenvalue weighted by Gasteiger charge is 2.30. The first-order chi connectivity index (χ1) is 11.0. The molecule has 0 heterocycles. The van der Waals surface area contributed by atoms with Crippen molar-refractivity contribution in [3.63, 3.8) is 0 Å². The first-order valence-electron chi connectivity index (χ1n) is 6.92. The lowest BCUT2D eigenvalue weighted by Gasteiger charge is -2.19. The molecular weight excluding hydrogens is 360 g/mol. The number of benzene rings is 1. The first-order valence-corrected chi connectivity index (χ1v) is 8.78. The Hall–Kier alpha value is -1.84. The number of carbonyl (C=O) groups excluding carboxylic acids is 1. The Morgan fingerprint density at radius 3 is 2.42 bits per heavy atom. The number of carboxylic acids is 1. The van der Waals surface area contributed by atoms with Crippen molar-refractivity contribution in [3.8, 4) is 5.75 Å². The number of aliphatic carboxylic acids is 1. The van der Waals surface area contributed by atoms with Crippen LogP contribution in [-0.4, -0.2) is 38.0 Å². The Balaban J connectivity index is 3.25. The molecule has 1 amide bonds. The number of hydrogen-bond acceptors (Lipinski definition) is 5. The van der Waals surface area contributed by atoms with Crippen LogP contribution in [0.15, 0.2) is 17.0 Å². The molecule has 1 aromatic rings. The van der Waals surface area contributed by atoms with Crippen LogP contribution in [-0.2, 0) is 19.6 Å².